The molecule has 0 bridgehead atoms. The summed E-state index contributed by atoms with van der Waals surface area (Å²) < 4.78 is 21.6. The molecule has 34 heavy (non-hydrogen) atoms. The highest BCUT2D eigenvalue weighted by Crippen LogP contribution is 2.40. The molecule has 0 aromatic heterocycles. The maximum absolute atomic E-state index is 10.2. The van der Waals surface area contributed by atoms with Crippen molar-refractivity contribution < 1.29 is 18.9 Å². The average molecular weight is 536 g/mol. The third-order valence-corrected chi connectivity index (χ3v) is 6.42. The summed E-state index contributed by atoms with van der Waals surface area (Å²) in [5, 5.41) is 10.2. The number of hydrogen-bond acceptors (Lipinski definition) is 6. The monoisotopic (exact) mass is 534 g/mol. The lowest BCUT2D eigenvalue weighted by Crippen LogP contribution is -2.32. The van der Waals surface area contributed by atoms with E-state index >= 15 is 0 Å². The molecular formula is C27H39BrN2O4. The van der Waals surface area contributed by atoms with Gasteiger partial charge in [0, 0.05) is 6.54 Å². The Balaban J connectivity index is 0.00000578. The Morgan fingerprint density at radius 3 is 1.94 bits per heavy atom. The Labute approximate surface area is 215 Å². The van der Waals surface area contributed by atoms with E-state index in [0.29, 0.717) is 11.5 Å². The number of nitrogens with zero attached hydrogens (tertiary/aromatic N) is 2. The average Bonchev–Trinajstić information content (AvgIpc) is 2.84. The number of rotatable bonds is 13. The smallest absolute Gasteiger partial charge is 0.161 e. The quantitative estimate of drug-likeness (QED) is 0.329. The molecule has 0 saturated carbocycles. The summed E-state index contributed by atoms with van der Waals surface area (Å²) in [7, 11) is 8.67. The molecule has 0 heterocycles. The molecule has 1 unspecified atom stereocenters. The predicted molar refractivity (Wildman–Crippen MR) is 142 cm³/mol. The molecule has 1 atom stereocenters. The highest BCUT2D eigenvalue weighted by Gasteiger charge is 2.36. The van der Waals surface area contributed by atoms with Gasteiger partial charge in [0.2, 0.25) is 0 Å². The molecule has 2 aromatic carbocycles. The molecule has 0 aliphatic rings. The second-order valence-corrected chi connectivity index (χ2v) is 8.65. The van der Waals surface area contributed by atoms with Gasteiger partial charge in [0.1, 0.15) is 0 Å². The van der Waals surface area contributed by atoms with Gasteiger partial charge in [-0.3, -0.25) is 0 Å². The van der Waals surface area contributed by atoms with E-state index in [4.69, 9.17) is 18.9 Å². The first kappa shape index (κ1) is 29.6. The standard InChI is InChI=1S/C27H38N2O4.BrH/c1-20(2)27(19-28,22-10-12-24(31-5)26(18-22)33-7)14-8-15-29(3)16-13-21-9-11-23(30-4)25(17-21)32-6;/h9-12,17-18,20H,8,13-16H2,1-7H3;1H. The van der Waals surface area contributed by atoms with Gasteiger partial charge in [0.05, 0.1) is 39.9 Å². The number of ether oxygens (including phenoxy) is 4. The van der Waals surface area contributed by atoms with E-state index in [9.17, 15) is 5.26 Å². The van der Waals surface area contributed by atoms with Gasteiger partial charge in [-0.05, 0) is 74.2 Å². The Bertz CT molecular complexity index is 945. The molecule has 0 N–H and O–H groups in total. The third-order valence-electron chi connectivity index (χ3n) is 6.42. The highest BCUT2D eigenvalue weighted by atomic mass is 79.9. The minimum atomic E-state index is -0.580. The Kier molecular flexibility index (Phi) is 12.3. The van der Waals surface area contributed by atoms with Crippen molar-refractivity contribution in [2.24, 2.45) is 5.92 Å². The first-order chi connectivity index (χ1) is 15.8. The Hall–Kier alpha value is -2.43. The number of benzene rings is 2. The molecule has 6 nitrogen and oxygen atoms in total. The number of hydrogen-bond donors (Lipinski definition) is 0. The van der Waals surface area contributed by atoms with Gasteiger partial charge in [-0.25, -0.2) is 0 Å². The number of nitriles is 1. The van der Waals surface area contributed by atoms with Gasteiger partial charge in [-0.2, -0.15) is 5.26 Å². The second kappa shape index (κ2) is 14.1. The van der Waals surface area contributed by atoms with Crippen molar-refractivity contribution in [3.63, 3.8) is 0 Å². The van der Waals surface area contributed by atoms with Crippen LogP contribution in [0.5, 0.6) is 23.0 Å². The van der Waals surface area contributed by atoms with E-state index in [0.717, 1.165) is 49.4 Å². The summed E-state index contributed by atoms with van der Waals surface area (Å²) in [4.78, 5) is 2.31. The van der Waals surface area contributed by atoms with Crippen molar-refractivity contribution in [3.8, 4) is 29.1 Å². The van der Waals surface area contributed by atoms with Crippen LogP contribution in [-0.4, -0.2) is 53.5 Å². The SMILES string of the molecule is Br.COc1ccc(CCN(C)CCCC(C#N)(c2ccc(OC)c(OC)c2)C(C)C)cc1OC. The molecule has 188 valence electrons. The Morgan fingerprint density at radius 2 is 1.41 bits per heavy atom. The van der Waals surface area contributed by atoms with Crippen LogP contribution in [-0.2, 0) is 11.8 Å². The summed E-state index contributed by atoms with van der Waals surface area (Å²) in [5.74, 6) is 2.99. The van der Waals surface area contributed by atoms with Crippen LogP contribution in [0.2, 0.25) is 0 Å². The molecule has 0 amide bonds. The van der Waals surface area contributed by atoms with E-state index in [1.807, 2.05) is 30.3 Å². The van der Waals surface area contributed by atoms with Crippen molar-refractivity contribution in [2.75, 3.05) is 48.6 Å². The van der Waals surface area contributed by atoms with Crippen LogP contribution in [0.4, 0.5) is 0 Å². The van der Waals surface area contributed by atoms with Crippen LogP contribution in [0.3, 0.4) is 0 Å². The van der Waals surface area contributed by atoms with Crippen molar-refractivity contribution >= 4 is 17.0 Å². The van der Waals surface area contributed by atoms with Gasteiger partial charge < -0.3 is 23.8 Å². The first-order valence-electron chi connectivity index (χ1n) is 11.4. The van der Waals surface area contributed by atoms with E-state index in [-0.39, 0.29) is 22.9 Å². The van der Waals surface area contributed by atoms with Crippen LogP contribution in [0.1, 0.15) is 37.8 Å². The molecule has 0 fully saturated rings. The fraction of sp³-hybridized carbons (Fsp3) is 0.519. The summed E-state index contributed by atoms with van der Waals surface area (Å²) in [6.07, 6.45) is 2.61. The van der Waals surface area contributed by atoms with Crippen molar-refractivity contribution in [1.82, 2.24) is 4.90 Å². The zero-order valence-electron chi connectivity index (χ0n) is 21.5. The molecule has 0 spiro atoms. The number of halogens is 1. The summed E-state index contributed by atoms with van der Waals surface area (Å²) >= 11 is 0. The third kappa shape index (κ3) is 7.04. The largest absolute Gasteiger partial charge is 0.493 e. The molecule has 2 rings (SSSR count). The topological polar surface area (TPSA) is 64.0 Å². The normalized spacial score (nSPS) is 12.5. The molecular weight excluding hydrogens is 496 g/mol. The van der Waals surface area contributed by atoms with E-state index in [1.165, 1.54) is 5.56 Å². The van der Waals surface area contributed by atoms with Gasteiger partial charge in [-0.15, -0.1) is 17.0 Å². The molecule has 0 radical (unpaired) electrons. The van der Waals surface area contributed by atoms with Gasteiger partial charge in [0.15, 0.2) is 23.0 Å². The van der Waals surface area contributed by atoms with E-state index in [2.05, 4.69) is 37.9 Å². The van der Waals surface area contributed by atoms with E-state index in [1.54, 1.807) is 28.4 Å². The highest BCUT2D eigenvalue weighted by molar-refractivity contribution is 8.93. The van der Waals surface area contributed by atoms with Crippen LogP contribution in [0.25, 0.3) is 0 Å². The van der Waals surface area contributed by atoms with Crippen molar-refractivity contribution in [2.45, 2.75) is 38.5 Å². The molecule has 2 aromatic rings. The fourth-order valence-corrected chi connectivity index (χ4v) is 4.23. The van der Waals surface area contributed by atoms with Crippen molar-refractivity contribution in [1.29, 1.82) is 5.26 Å². The van der Waals surface area contributed by atoms with Gasteiger partial charge in [0.25, 0.3) is 0 Å². The van der Waals surface area contributed by atoms with E-state index < -0.39 is 5.41 Å². The lowest BCUT2D eigenvalue weighted by atomic mass is 9.69. The van der Waals surface area contributed by atoms with Crippen LogP contribution >= 0.6 is 17.0 Å². The zero-order chi connectivity index (χ0) is 24.4. The van der Waals surface area contributed by atoms with Gasteiger partial charge >= 0.3 is 0 Å². The lowest BCUT2D eigenvalue weighted by molar-refractivity contribution is 0.292. The van der Waals surface area contributed by atoms with Crippen LogP contribution in [0.15, 0.2) is 36.4 Å². The fourth-order valence-electron chi connectivity index (χ4n) is 4.23. The molecule has 0 aliphatic carbocycles. The molecule has 0 aliphatic heterocycles. The van der Waals surface area contributed by atoms with Crippen LogP contribution in [0, 0.1) is 17.2 Å². The maximum atomic E-state index is 10.2. The summed E-state index contributed by atoms with van der Waals surface area (Å²) in [6.45, 7) is 6.06. The second-order valence-electron chi connectivity index (χ2n) is 8.65. The number of methoxy groups -OCH3 is 4. The molecule has 0 saturated heterocycles. The zero-order valence-corrected chi connectivity index (χ0v) is 23.2. The minimum absolute atomic E-state index is 0. The molecule has 7 heteroatoms. The minimum Gasteiger partial charge on any atom is -0.493 e. The van der Waals surface area contributed by atoms with Crippen molar-refractivity contribution in [3.05, 3.63) is 47.5 Å². The first-order valence-corrected chi connectivity index (χ1v) is 11.4. The van der Waals surface area contributed by atoms with Gasteiger partial charge in [-0.1, -0.05) is 26.0 Å². The summed E-state index contributed by atoms with van der Waals surface area (Å²) in [5.41, 5.74) is 1.60. The van der Waals surface area contributed by atoms with Crippen LogP contribution < -0.4 is 18.9 Å². The lowest BCUT2D eigenvalue weighted by Gasteiger charge is -2.32. The number of likely N-dealkylation sites (N-methyl/N-ethyl adjacent to an activating group) is 1. The summed E-state index contributed by atoms with van der Waals surface area (Å²) in [6, 6.07) is 14.5. The predicted octanol–water partition coefficient (Wildman–Crippen LogP) is 5.67. The Morgan fingerprint density at radius 1 is 0.853 bits per heavy atom. The maximum Gasteiger partial charge on any atom is 0.161 e.